The van der Waals surface area contributed by atoms with Gasteiger partial charge in [-0.05, 0) is 61.6 Å². The van der Waals surface area contributed by atoms with Crippen LogP contribution in [0.2, 0.25) is 0 Å². The Labute approximate surface area is 153 Å². The molecule has 1 aliphatic rings. The van der Waals surface area contributed by atoms with Crippen molar-refractivity contribution in [2.24, 2.45) is 0 Å². The van der Waals surface area contributed by atoms with Crippen LogP contribution in [0.25, 0.3) is 0 Å². The summed E-state index contributed by atoms with van der Waals surface area (Å²) in [5.41, 5.74) is 5.69. The van der Waals surface area contributed by atoms with Gasteiger partial charge in [0.1, 0.15) is 10.7 Å². The lowest BCUT2D eigenvalue weighted by atomic mass is 9.99. The maximum Gasteiger partial charge on any atom is 0.348 e. The molecule has 0 spiro atoms. The van der Waals surface area contributed by atoms with Crippen LogP contribution in [0.4, 0.5) is 4.39 Å². The molecule has 0 saturated carbocycles. The lowest BCUT2D eigenvalue weighted by molar-refractivity contribution is -0.125. The highest BCUT2D eigenvalue weighted by Gasteiger charge is 2.19. The second-order valence-corrected chi connectivity index (χ2v) is 6.99. The number of esters is 1. The first-order chi connectivity index (χ1) is 12.5. The van der Waals surface area contributed by atoms with Crippen molar-refractivity contribution in [2.45, 2.75) is 25.7 Å². The topological polar surface area (TPSA) is 84.5 Å². The fourth-order valence-corrected chi connectivity index (χ4v) is 3.78. The molecule has 0 unspecified atom stereocenters. The summed E-state index contributed by atoms with van der Waals surface area (Å²) in [5, 5.41) is 0. The Morgan fingerprint density at radius 1 is 1.08 bits per heavy atom. The number of hydrogen-bond donors (Lipinski definition) is 2. The molecule has 1 aliphatic carbocycles. The van der Waals surface area contributed by atoms with E-state index in [4.69, 9.17) is 4.74 Å². The van der Waals surface area contributed by atoms with Crippen LogP contribution in [0.3, 0.4) is 0 Å². The maximum absolute atomic E-state index is 12.8. The van der Waals surface area contributed by atoms with Crippen molar-refractivity contribution in [1.29, 1.82) is 0 Å². The van der Waals surface area contributed by atoms with Gasteiger partial charge in [-0.1, -0.05) is 0 Å². The highest BCUT2D eigenvalue weighted by molar-refractivity contribution is 7.14. The fraction of sp³-hybridized carbons (Fsp3) is 0.278. The summed E-state index contributed by atoms with van der Waals surface area (Å²) in [6.45, 7) is -0.509. The first kappa shape index (κ1) is 18.1. The van der Waals surface area contributed by atoms with E-state index in [2.05, 4.69) is 10.9 Å². The first-order valence-electron chi connectivity index (χ1n) is 8.16. The van der Waals surface area contributed by atoms with E-state index >= 15 is 0 Å². The quantitative estimate of drug-likeness (QED) is 0.634. The largest absolute Gasteiger partial charge is 0.451 e. The molecule has 1 aromatic heterocycles. The molecular formula is C18H17FN2O4S. The number of fused-ring (bicyclic) bond motifs is 1. The molecule has 0 radical (unpaired) electrons. The summed E-state index contributed by atoms with van der Waals surface area (Å²) in [4.78, 5) is 37.2. The van der Waals surface area contributed by atoms with Gasteiger partial charge in [-0.3, -0.25) is 20.4 Å². The van der Waals surface area contributed by atoms with E-state index in [0.29, 0.717) is 4.88 Å². The van der Waals surface area contributed by atoms with Crippen molar-refractivity contribution in [3.63, 3.8) is 0 Å². The molecule has 3 rings (SSSR count). The van der Waals surface area contributed by atoms with Gasteiger partial charge >= 0.3 is 5.97 Å². The van der Waals surface area contributed by atoms with Crippen molar-refractivity contribution in [1.82, 2.24) is 10.9 Å². The highest BCUT2D eigenvalue weighted by atomic mass is 32.1. The van der Waals surface area contributed by atoms with E-state index in [1.165, 1.54) is 33.9 Å². The number of carbonyl (C=O) groups is 3. The summed E-state index contributed by atoms with van der Waals surface area (Å²) < 4.78 is 17.8. The van der Waals surface area contributed by atoms with Crippen LogP contribution >= 0.6 is 11.3 Å². The summed E-state index contributed by atoms with van der Waals surface area (Å²) in [7, 11) is 0. The Morgan fingerprint density at radius 2 is 1.81 bits per heavy atom. The van der Waals surface area contributed by atoms with Gasteiger partial charge in [0.15, 0.2) is 6.61 Å². The smallest absolute Gasteiger partial charge is 0.348 e. The molecular weight excluding hydrogens is 359 g/mol. The third-order valence-corrected chi connectivity index (χ3v) is 5.17. The van der Waals surface area contributed by atoms with Gasteiger partial charge in [-0.25, -0.2) is 9.18 Å². The Hall–Kier alpha value is -2.74. The Balaban J connectivity index is 1.45. The number of aryl methyl sites for hydroxylation is 2. The second kappa shape index (κ2) is 8.09. The molecule has 0 saturated heterocycles. The summed E-state index contributed by atoms with van der Waals surface area (Å²) in [6.07, 6.45) is 4.19. The number of nitrogens with one attached hydrogen (secondary N) is 2. The molecule has 2 aromatic rings. The van der Waals surface area contributed by atoms with Gasteiger partial charge in [-0.15, -0.1) is 11.3 Å². The lowest BCUT2D eigenvalue weighted by Crippen LogP contribution is -2.43. The number of thiophene rings is 1. The minimum Gasteiger partial charge on any atom is -0.451 e. The standard InChI is InChI=1S/C18H17FN2O4S/c19-13-7-5-11(6-8-13)17(23)21-20-16(22)10-25-18(24)15-9-12-3-1-2-4-14(12)26-15/h5-9H,1-4,10H2,(H,20,22)(H,21,23). The van der Waals surface area contributed by atoms with Crippen LogP contribution in [0.15, 0.2) is 30.3 Å². The van der Waals surface area contributed by atoms with Gasteiger partial charge < -0.3 is 4.74 Å². The minimum atomic E-state index is -0.671. The summed E-state index contributed by atoms with van der Waals surface area (Å²) >= 11 is 1.41. The molecule has 6 nitrogen and oxygen atoms in total. The predicted molar refractivity (Wildman–Crippen MR) is 93.3 cm³/mol. The number of carbonyl (C=O) groups excluding carboxylic acids is 3. The average Bonchev–Trinajstić information content (AvgIpc) is 3.09. The molecule has 8 heteroatoms. The molecule has 0 fully saturated rings. The normalized spacial score (nSPS) is 12.8. The lowest BCUT2D eigenvalue weighted by Gasteiger charge is -2.08. The third-order valence-electron chi connectivity index (χ3n) is 3.95. The molecule has 0 bridgehead atoms. The number of ether oxygens (including phenoxy) is 1. The monoisotopic (exact) mass is 376 g/mol. The van der Waals surface area contributed by atoms with Gasteiger partial charge in [0.2, 0.25) is 0 Å². The maximum atomic E-state index is 12.8. The van der Waals surface area contributed by atoms with E-state index in [1.807, 2.05) is 6.07 Å². The van der Waals surface area contributed by atoms with Crippen LogP contribution in [0.5, 0.6) is 0 Å². The third kappa shape index (κ3) is 4.45. The predicted octanol–water partition coefficient (Wildman–Crippen LogP) is 2.38. The zero-order chi connectivity index (χ0) is 18.5. The molecule has 0 aliphatic heterocycles. The number of hydrazine groups is 1. The fourth-order valence-electron chi connectivity index (χ4n) is 2.63. The molecule has 2 N–H and O–H groups in total. The highest BCUT2D eigenvalue weighted by Crippen LogP contribution is 2.29. The molecule has 1 aromatic carbocycles. The molecule has 136 valence electrons. The minimum absolute atomic E-state index is 0.188. The molecule has 2 amide bonds. The van der Waals surface area contributed by atoms with E-state index in [0.717, 1.165) is 37.8 Å². The van der Waals surface area contributed by atoms with Crippen molar-refractivity contribution < 1.29 is 23.5 Å². The van der Waals surface area contributed by atoms with E-state index in [1.54, 1.807) is 0 Å². The number of amides is 2. The zero-order valence-corrected chi connectivity index (χ0v) is 14.7. The van der Waals surface area contributed by atoms with Crippen LogP contribution in [-0.4, -0.2) is 24.4 Å². The van der Waals surface area contributed by atoms with Crippen molar-refractivity contribution in [2.75, 3.05) is 6.61 Å². The number of hydrogen-bond acceptors (Lipinski definition) is 5. The molecule has 26 heavy (non-hydrogen) atoms. The first-order valence-corrected chi connectivity index (χ1v) is 8.98. The van der Waals surface area contributed by atoms with Crippen LogP contribution < -0.4 is 10.9 Å². The Bertz CT molecular complexity index is 809. The van der Waals surface area contributed by atoms with Gasteiger partial charge in [0.05, 0.1) is 0 Å². The molecule has 0 atom stereocenters. The van der Waals surface area contributed by atoms with Crippen LogP contribution in [0.1, 0.15) is 43.3 Å². The van der Waals surface area contributed by atoms with Crippen molar-refractivity contribution in [3.8, 4) is 0 Å². The van der Waals surface area contributed by atoms with Crippen molar-refractivity contribution in [3.05, 3.63) is 57.0 Å². The summed E-state index contributed by atoms with van der Waals surface area (Å²) in [6, 6.07) is 6.68. The number of rotatable bonds is 4. The Kier molecular flexibility index (Phi) is 5.62. The summed E-state index contributed by atoms with van der Waals surface area (Å²) in [5.74, 6) is -2.29. The van der Waals surface area contributed by atoms with Crippen molar-refractivity contribution >= 4 is 29.1 Å². The molecule has 1 heterocycles. The van der Waals surface area contributed by atoms with Gasteiger partial charge in [-0.2, -0.15) is 0 Å². The van der Waals surface area contributed by atoms with Gasteiger partial charge in [0, 0.05) is 10.4 Å². The number of benzene rings is 1. The Morgan fingerprint density at radius 3 is 2.54 bits per heavy atom. The van der Waals surface area contributed by atoms with Crippen LogP contribution in [-0.2, 0) is 22.4 Å². The van der Waals surface area contributed by atoms with E-state index in [9.17, 15) is 18.8 Å². The second-order valence-electron chi connectivity index (χ2n) is 5.85. The van der Waals surface area contributed by atoms with E-state index in [-0.39, 0.29) is 5.56 Å². The van der Waals surface area contributed by atoms with Crippen LogP contribution in [0, 0.1) is 5.82 Å². The zero-order valence-electron chi connectivity index (χ0n) is 13.8. The van der Waals surface area contributed by atoms with E-state index < -0.39 is 30.2 Å². The SMILES string of the molecule is O=C(COC(=O)c1cc2c(s1)CCCC2)NNC(=O)c1ccc(F)cc1. The average molecular weight is 376 g/mol. The number of halogens is 1. The van der Waals surface area contributed by atoms with Gasteiger partial charge in [0.25, 0.3) is 11.8 Å².